The Bertz CT molecular complexity index is 377. The lowest BCUT2D eigenvalue weighted by Gasteiger charge is -2.35. The zero-order chi connectivity index (χ0) is 10.8. The molecule has 0 aliphatic carbocycles. The van der Waals surface area contributed by atoms with Gasteiger partial charge in [-0.1, -0.05) is 6.07 Å². The van der Waals surface area contributed by atoms with E-state index in [2.05, 4.69) is 0 Å². The average molecular weight is 209 g/mol. The molecule has 0 aromatic heterocycles. The number of nitrogens with zero attached hydrogens (tertiary/aromatic N) is 1. The smallest absolute Gasteiger partial charge is 0.141 e. The molecule has 1 saturated heterocycles. The highest BCUT2D eigenvalue weighted by Gasteiger charge is 2.26. The Morgan fingerprint density at radius 1 is 1.47 bits per heavy atom. The molecular formula is C11H12FNO2. The SMILES string of the molecule is O=CC(c1ccc(O)cc1F)N1CCC1. The lowest BCUT2D eigenvalue weighted by Crippen LogP contribution is -2.41. The Morgan fingerprint density at radius 3 is 2.67 bits per heavy atom. The number of halogens is 1. The highest BCUT2D eigenvalue weighted by molar-refractivity contribution is 5.62. The topological polar surface area (TPSA) is 40.5 Å². The van der Waals surface area contributed by atoms with Gasteiger partial charge in [0.15, 0.2) is 0 Å². The number of benzene rings is 1. The maximum absolute atomic E-state index is 13.5. The third-order valence-electron chi connectivity index (χ3n) is 2.72. The molecule has 1 heterocycles. The van der Waals surface area contributed by atoms with E-state index in [1.54, 1.807) is 0 Å². The molecule has 0 saturated carbocycles. The first-order chi connectivity index (χ1) is 7.22. The van der Waals surface area contributed by atoms with E-state index < -0.39 is 11.9 Å². The first-order valence-corrected chi connectivity index (χ1v) is 4.90. The summed E-state index contributed by atoms with van der Waals surface area (Å²) in [4.78, 5) is 12.8. The summed E-state index contributed by atoms with van der Waals surface area (Å²) in [5.74, 6) is -0.650. The van der Waals surface area contributed by atoms with Crippen molar-refractivity contribution in [2.24, 2.45) is 0 Å². The Labute approximate surface area is 87.1 Å². The van der Waals surface area contributed by atoms with Crippen molar-refractivity contribution in [1.29, 1.82) is 0 Å². The predicted octanol–water partition coefficient (Wildman–Crippen LogP) is 1.48. The largest absolute Gasteiger partial charge is 0.508 e. The van der Waals surface area contributed by atoms with Crippen LogP contribution < -0.4 is 0 Å². The van der Waals surface area contributed by atoms with Gasteiger partial charge in [0.1, 0.15) is 17.9 Å². The fourth-order valence-corrected chi connectivity index (χ4v) is 1.73. The molecule has 1 aliphatic heterocycles. The van der Waals surface area contributed by atoms with E-state index >= 15 is 0 Å². The van der Waals surface area contributed by atoms with E-state index in [0.29, 0.717) is 5.56 Å². The van der Waals surface area contributed by atoms with E-state index in [9.17, 15) is 9.18 Å². The molecule has 1 N–H and O–H groups in total. The number of hydrogen-bond acceptors (Lipinski definition) is 3. The maximum atomic E-state index is 13.5. The summed E-state index contributed by atoms with van der Waals surface area (Å²) in [6, 6.07) is 3.38. The summed E-state index contributed by atoms with van der Waals surface area (Å²) < 4.78 is 13.5. The minimum absolute atomic E-state index is 0.121. The van der Waals surface area contributed by atoms with Crippen LogP contribution in [0.3, 0.4) is 0 Å². The fourth-order valence-electron chi connectivity index (χ4n) is 1.73. The van der Waals surface area contributed by atoms with Gasteiger partial charge in [-0.25, -0.2) is 4.39 Å². The van der Waals surface area contributed by atoms with Crippen LogP contribution in [-0.2, 0) is 4.79 Å². The van der Waals surface area contributed by atoms with Crippen LogP contribution in [0, 0.1) is 5.82 Å². The number of hydrogen-bond donors (Lipinski definition) is 1. The molecule has 0 radical (unpaired) electrons. The van der Waals surface area contributed by atoms with Gasteiger partial charge in [-0.2, -0.15) is 0 Å². The lowest BCUT2D eigenvalue weighted by molar-refractivity contribution is -0.114. The van der Waals surface area contributed by atoms with Crippen LogP contribution in [0.4, 0.5) is 4.39 Å². The summed E-state index contributed by atoms with van der Waals surface area (Å²) in [7, 11) is 0. The molecule has 15 heavy (non-hydrogen) atoms. The second kappa shape index (κ2) is 3.98. The van der Waals surface area contributed by atoms with Crippen molar-refractivity contribution in [3.8, 4) is 5.75 Å². The molecule has 1 atom stereocenters. The van der Waals surface area contributed by atoms with Gasteiger partial charge in [0.05, 0.1) is 6.04 Å². The highest BCUT2D eigenvalue weighted by atomic mass is 19.1. The van der Waals surface area contributed by atoms with Gasteiger partial charge in [0.2, 0.25) is 0 Å². The second-order valence-electron chi connectivity index (χ2n) is 3.68. The van der Waals surface area contributed by atoms with Crippen molar-refractivity contribution in [2.45, 2.75) is 12.5 Å². The van der Waals surface area contributed by atoms with Gasteiger partial charge in [-0.05, 0) is 12.5 Å². The Balaban J connectivity index is 2.29. The van der Waals surface area contributed by atoms with Crippen molar-refractivity contribution >= 4 is 6.29 Å². The summed E-state index contributed by atoms with van der Waals surface area (Å²) in [6.45, 7) is 1.65. The van der Waals surface area contributed by atoms with Crippen molar-refractivity contribution in [1.82, 2.24) is 4.90 Å². The summed E-state index contributed by atoms with van der Waals surface area (Å²) in [5.41, 5.74) is 0.336. The van der Waals surface area contributed by atoms with Gasteiger partial charge in [-0.15, -0.1) is 0 Å². The molecule has 0 spiro atoms. The molecule has 2 rings (SSSR count). The molecule has 0 bridgehead atoms. The van der Waals surface area contributed by atoms with E-state index in [-0.39, 0.29) is 5.75 Å². The predicted molar refractivity (Wildman–Crippen MR) is 53.1 cm³/mol. The quantitative estimate of drug-likeness (QED) is 0.766. The van der Waals surface area contributed by atoms with Crippen LogP contribution >= 0.6 is 0 Å². The zero-order valence-electron chi connectivity index (χ0n) is 8.19. The van der Waals surface area contributed by atoms with Gasteiger partial charge >= 0.3 is 0 Å². The third-order valence-corrected chi connectivity index (χ3v) is 2.72. The molecule has 3 nitrogen and oxygen atoms in total. The molecule has 1 aliphatic rings. The fraction of sp³-hybridized carbons (Fsp3) is 0.364. The normalized spacial score (nSPS) is 18.2. The average Bonchev–Trinajstić information content (AvgIpc) is 2.12. The molecule has 0 amide bonds. The molecule has 1 fully saturated rings. The molecule has 1 aromatic carbocycles. The van der Waals surface area contributed by atoms with Crippen LogP contribution in [-0.4, -0.2) is 29.4 Å². The van der Waals surface area contributed by atoms with Crippen molar-refractivity contribution < 1.29 is 14.3 Å². The Hall–Kier alpha value is -1.42. The van der Waals surface area contributed by atoms with Crippen molar-refractivity contribution in [2.75, 3.05) is 13.1 Å². The standard InChI is InChI=1S/C11H12FNO2/c12-10-6-8(15)2-3-9(10)11(7-14)13-4-1-5-13/h2-3,6-7,11,15H,1,4-5H2. The number of carbonyl (C=O) groups is 1. The number of rotatable bonds is 3. The van der Waals surface area contributed by atoms with Gasteiger partial charge in [0, 0.05) is 24.7 Å². The van der Waals surface area contributed by atoms with Crippen LogP contribution in [0.15, 0.2) is 18.2 Å². The molecule has 4 heteroatoms. The van der Waals surface area contributed by atoms with Crippen LogP contribution in [0.2, 0.25) is 0 Å². The first kappa shape index (κ1) is 10.1. The van der Waals surface area contributed by atoms with E-state index in [4.69, 9.17) is 5.11 Å². The monoisotopic (exact) mass is 209 g/mol. The summed E-state index contributed by atoms with van der Waals surface area (Å²) >= 11 is 0. The summed E-state index contributed by atoms with van der Waals surface area (Å²) in [6.07, 6.45) is 1.79. The Kier molecular flexibility index (Phi) is 2.68. The van der Waals surface area contributed by atoms with Gasteiger partial charge < -0.3 is 9.90 Å². The minimum Gasteiger partial charge on any atom is -0.508 e. The minimum atomic E-state index is -0.529. The Morgan fingerprint density at radius 2 is 2.20 bits per heavy atom. The molecular weight excluding hydrogens is 197 g/mol. The molecule has 1 unspecified atom stereocenters. The number of phenolic OH excluding ortho intramolecular Hbond substituents is 1. The zero-order valence-corrected chi connectivity index (χ0v) is 8.19. The van der Waals surface area contributed by atoms with Crippen molar-refractivity contribution in [3.63, 3.8) is 0 Å². The van der Waals surface area contributed by atoms with Crippen LogP contribution in [0.25, 0.3) is 0 Å². The van der Waals surface area contributed by atoms with Crippen LogP contribution in [0.1, 0.15) is 18.0 Å². The maximum Gasteiger partial charge on any atom is 0.141 e. The number of phenols is 1. The highest BCUT2D eigenvalue weighted by Crippen LogP contribution is 2.27. The first-order valence-electron chi connectivity index (χ1n) is 4.90. The van der Waals surface area contributed by atoms with Gasteiger partial charge in [-0.3, -0.25) is 4.90 Å². The van der Waals surface area contributed by atoms with E-state index in [1.165, 1.54) is 12.1 Å². The van der Waals surface area contributed by atoms with E-state index in [1.807, 2.05) is 4.90 Å². The van der Waals surface area contributed by atoms with Crippen molar-refractivity contribution in [3.05, 3.63) is 29.6 Å². The molecule has 80 valence electrons. The van der Waals surface area contributed by atoms with E-state index in [0.717, 1.165) is 31.9 Å². The second-order valence-corrected chi connectivity index (χ2v) is 3.68. The number of likely N-dealkylation sites (tertiary alicyclic amines) is 1. The number of aromatic hydroxyl groups is 1. The van der Waals surface area contributed by atoms with Crippen LogP contribution in [0.5, 0.6) is 5.75 Å². The third kappa shape index (κ3) is 1.85. The number of aldehydes is 1. The lowest BCUT2D eigenvalue weighted by atomic mass is 10.0. The number of carbonyl (C=O) groups excluding carboxylic acids is 1. The van der Waals surface area contributed by atoms with Gasteiger partial charge in [0.25, 0.3) is 0 Å². The summed E-state index contributed by atoms with van der Waals surface area (Å²) in [5, 5.41) is 9.06. The molecule has 1 aromatic rings.